The highest BCUT2D eigenvalue weighted by Gasteiger charge is 2.16. The molecule has 0 spiro atoms. The van der Waals surface area contributed by atoms with E-state index in [1.807, 2.05) is 13.1 Å². The summed E-state index contributed by atoms with van der Waals surface area (Å²) in [6.07, 6.45) is 4.51. The topological polar surface area (TPSA) is 37.8 Å². The summed E-state index contributed by atoms with van der Waals surface area (Å²) in [4.78, 5) is 8.18. The van der Waals surface area contributed by atoms with Crippen molar-refractivity contribution < 1.29 is 0 Å². The van der Waals surface area contributed by atoms with Crippen LogP contribution in [-0.2, 0) is 0 Å². The van der Waals surface area contributed by atoms with Gasteiger partial charge in [-0.05, 0) is 26.5 Å². The van der Waals surface area contributed by atoms with Gasteiger partial charge in [-0.3, -0.25) is 0 Å². The largest absolute Gasteiger partial charge is 0.317 e. The normalized spacial score (nSPS) is 15.3. The third-order valence-corrected chi connectivity index (χ3v) is 2.48. The van der Waals surface area contributed by atoms with E-state index in [2.05, 4.69) is 29.1 Å². The molecule has 0 aliphatic rings. The van der Waals surface area contributed by atoms with Crippen LogP contribution < -0.4 is 5.32 Å². The fourth-order valence-corrected chi connectivity index (χ4v) is 1.54. The highest BCUT2D eigenvalue weighted by molar-refractivity contribution is 5.08. The first-order valence-electron chi connectivity index (χ1n) is 4.72. The van der Waals surface area contributed by atoms with Gasteiger partial charge in [0.1, 0.15) is 6.33 Å². The first kappa shape index (κ1) is 10.1. The van der Waals surface area contributed by atoms with Gasteiger partial charge in [0.05, 0.1) is 0 Å². The first-order chi connectivity index (χ1) is 6.29. The quantitative estimate of drug-likeness (QED) is 0.762. The Balaban J connectivity index is 2.78. The summed E-state index contributed by atoms with van der Waals surface area (Å²) in [5.74, 6) is 0.480. The summed E-state index contributed by atoms with van der Waals surface area (Å²) in [5, 5.41) is 3.25. The van der Waals surface area contributed by atoms with Crippen LogP contribution in [0.1, 0.15) is 31.9 Å². The number of hydrogen-bond donors (Lipinski definition) is 1. The van der Waals surface area contributed by atoms with Crippen molar-refractivity contribution in [3.8, 4) is 0 Å². The van der Waals surface area contributed by atoms with Gasteiger partial charge in [-0.1, -0.05) is 6.92 Å². The Kier molecular flexibility index (Phi) is 3.83. The van der Waals surface area contributed by atoms with E-state index in [0.29, 0.717) is 12.0 Å². The van der Waals surface area contributed by atoms with E-state index in [1.54, 1.807) is 12.5 Å². The molecule has 0 saturated heterocycles. The van der Waals surface area contributed by atoms with Crippen molar-refractivity contribution in [1.29, 1.82) is 0 Å². The van der Waals surface area contributed by atoms with Crippen molar-refractivity contribution >= 4 is 0 Å². The number of hydrogen-bond acceptors (Lipinski definition) is 3. The molecule has 2 unspecified atom stereocenters. The molecule has 2 atom stereocenters. The first-order valence-corrected chi connectivity index (χ1v) is 4.72. The molecule has 0 aromatic carbocycles. The molecule has 0 aliphatic carbocycles. The van der Waals surface area contributed by atoms with Crippen molar-refractivity contribution in [3.63, 3.8) is 0 Å². The van der Waals surface area contributed by atoms with E-state index < -0.39 is 0 Å². The van der Waals surface area contributed by atoms with Gasteiger partial charge in [-0.2, -0.15) is 0 Å². The van der Waals surface area contributed by atoms with E-state index in [1.165, 1.54) is 0 Å². The van der Waals surface area contributed by atoms with Crippen LogP contribution >= 0.6 is 0 Å². The van der Waals surface area contributed by atoms with Gasteiger partial charge >= 0.3 is 0 Å². The lowest BCUT2D eigenvalue weighted by Crippen LogP contribution is -2.29. The highest BCUT2D eigenvalue weighted by atomic mass is 14.9. The second kappa shape index (κ2) is 4.92. The lowest BCUT2D eigenvalue weighted by molar-refractivity contribution is 0.473. The minimum atomic E-state index is 0.458. The molecule has 1 aromatic rings. The summed E-state index contributed by atoms with van der Waals surface area (Å²) in [6, 6.07) is 2.45. The molecule has 0 radical (unpaired) electrons. The van der Waals surface area contributed by atoms with Crippen LogP contribution in [0.3, 0.4) is 0 Å². The number of aromatic nitrogens is 2. The van der Waals surface area contributed by atoms with Gasteiger partial charge in [0.15, 0.2) is 0 Å². The Morgan fingerprint density at radius 1 is 1.54 bits per heavy atom. The molecule has 0 fully saturated rings. The lowest BCUT2D eigenvalue weighted by atomic mass is 9.94. The summed E-state index contributed by atoms with van der Waals surface area (Å²) in [5.41, 5.74) is 1.12. The van der Waals surface area contributed by atoms with Gasteiger partial charge in [0, 0.05) is 23.9 Å². The Labute approximate surface area is 79.6 Å². The number of nitrogens with one attached hydrogen (secondary N) is 1. The minimum Gasteiger partial charge on any atom is -0.317 e. The number of likely N-dealkylation sites (N-methyl/N-ethyl adjacent to an activating group) is 1. The number of nitrogens with zero attached hydrogens (tertiary/aromatic N) is 2. The van der Waals surface area contributed by atoms with Gasteiger partial charge in [0.25, 0.3) is 0 Å². The summed E-state index contributed by atoms with van der Waals surface area (Å²) >= 11 is 0. The van der Waals surface area contributed by atoms with Crippen LogP contribution in [0.25, 0.3) is 0 Å². The molecule has 3 heteroatoms. The van der Waals surface area contributed by atoms with Crippen molar-refractivity contribution in [2.24, 2.45) is 0 Å². The predicted octanol–water partition coefficient (Wildman–Crippen LogP) is 1.58. The second-order valence-electron chi connectivity index (χ2n) is 3.23. The fourth-order valence-electron chi connectivity index (χ4n) is 1.54. The van der Waals surface area contributed by atoms with Crippen molar-refractivity contribution in [2.75, 3.05) is 7.05 Å². The van der Waals surface area contributed by atoms with E-state index in [9.17, 15) is 0 Å². The molecule has 0 amide bonds. The molecule has 13 heavy (non-hydrogen) atoms. The van der Waals surface area contributed by atoms with E-state index in [4.69, 9.17) is 0 Å². The van der Waals surface area contributed by atoms with Gasteiger partial charge in [0.2, 0.25) is 0 Å². The second-order valence-corrected chi connectivity index (χ2v) is 3.23. The molecular weight excluding hydrogens is 162 g/mol. The van der Waals surface area contributed by atoms with E-state index >= 15 is 0 Å². The Morgan fingerprint density at radius 3 is 2.77 bits per heavy atom. The molecule has 1 rings (SSSR count). The Hall–Kier alpha value is -0.960. The maximum atomic E-state index is 4.27. The summed E-state index contributed by atoms with van der Waals surface area (Å²) in [7, 11) is 1.98. The third kappa shape index (κ3) is 2.49. The zero-order valence-electron chi connectivity index (χ0n) is 8.49. The molecule has 72 valence electrons. The molecule has 0 bridgehead atoms. The van der Waals surface area contributed by atoms with Crippen molar-refractivity contribution in [3.05, 3.63) is 24.3 Å². The van der Waals surface area contributed by atoms with Gasteiger partial charge < -0.3 is 5.32 Å². The predicted molar refractivity (Wildman–Crippen MR) is 53.6 cm³/mol. The molecule has 0 saturated carbocycles. The van der Waals surface area contributed by atoms with Crippen LogP contribution in [-0.4, -0.2) is 23.1 Å². The molecule has 0 aliphatic heterocycles. The standard InChI is InChI=1S/C10H17N3/c1-4-9(8(2)11-3)10-5-6-12-7-13-10/h5-9,11H,4H2,1-3H3. The number of rotatable bonds is 4. The highest BCUT2D eigenvalue weighted by Crippen LogP contribution is 2.20. The molecule has 3 nitrogen and oxygen atoms in total. The zero-order valence-corrected chi connectivity index (χ0v) is 8.49. The summed E-state index contributed by atoms with van der Waals surface area (Å²) in [6.45, 7) is 4.36. The maximum Gasteiger partial charge on any atom is 0.115 e. The lowest BCUT2D eigenvalue weighted by Gasteiger charge is -2.21. The minimum absolute atomic E-state index is 0.458. The Morgan fingerprint density at radius 2 is 2.31 bits per heavy atom. The monoisotopic (exact) mass is 179 g/mol. The van der Waals surface area contributed by atoms with Crippen LogP contribution in [0.2, 0.25) is 0 Å². The third-order valence-electron chi connectivity index (χ3n) is 2.48. The SMILES string of the molecule is CCC(c1ccncn1)C(C)NC. The van der Waals surface area contributed by atoms with Crippen molar-refractivity contribution in [1.82, 2.24) is 15.3 Å². The van der Waals surface area contributed by atoms with Crippen molar-refractivity contribution in [2.45, 2.75) is 32.2 Å². The smallest absolute Gasteiger partial charge is 0.115 e. The van der Waals surface area contributed by atoms with Crippen LogP contribution in [0.4, 0.5) is 0 Å². The molecular formula is C10H17N3. The fraction of sp³-hybridized carbons (Fsp3) is 0.600. The van der Waals surface area contributed by atoms with E-state index in [-0.39, 0.29) is 0 Å². The maximum absolute atomic E-state index is 4.27. The van der Waals surface area contributed by atoms with Crippen LogP contribution in [0.5, 0.6) is 0 Å². The zero-order chi connectivity index (χ0) is 9.68. The van der Waals surface area contributed by atoms with Gasteiger partial charge in [-0.15, -0.1) is 0 Å². The molecule has 1 aromatic heterocycles. The van der Waals surface area contributed by atoms with Crippen LogP contribution in [0.15, 0.2) is 18.6 Å². The average Bonchev–Trinajstić information content (AvgIpc) is 2.20. The molecule has 1 heterocycles. The Bertz CT molecular complexity index is 235. The van der Waals surface area contributed by atoms with Gasteiger partial charge in [-0.25, -0.2) is 9.97 Å². The molecule has 1 N–H and O–H groups in total. The summed E-state index contributed by atoms with van der Waals surface area (Å²) < 4.78 is 0. The van der Waals surface area contributed by atoms with Crippen LogP contribution in [0, 0.1) is 0 Å². The average molecular weight is 179 g/mol. The van der Waals surface area contributed by atoms with E-state index in [0.717, 1.165) is 12.1 Å².